The van der Waals surface area contributed by atoms with Crippen molar-refractivity contribution < 1.29 is 4.74 Å². The monoisotopic (exact) mass is 227 g/mol. The normalized spacial score (nSPS) is 12.9. The second kappa shape index (κ2) is 5.38. The maximum atomic E-state index is 6.00. The summed E-state index contributed by atoms with van der Waals surface area (Å²) in [7, 11) is 0. The minimum atomic E-state index is -0.0163. The molecule has 0 aromatic heterocycles. The summed E-state index contributed by atoms with van der Waals surface area (Å²) in [5.41, 5.74) is 6.99. The molecular weight excluding hydrogens is 210 g/mol. The SMILES string of the molecule is CCC(N)c1cc(Cl)ccc1OC(C)C. The second-order valence-electron chi connectivity index (χ2n) is 3.86. The molecule has 0 amide bonds. The Morgan fingerprint density at radius 2 is 2.07 bits per heavy atom. The molecule has 2 nitrogen and oxygen atoms in total. The third-order valence-corrected chi connectivity index (χ3v) is 2.41. The Hall–Kier alpha value is -0.730. The molecule has 0 radical (unpaired) electrons. The summed E-state index contributed by atoms with van der Waals surface area (Å²) in [6.07, 6.45) is 1.02. The zero-order valence-electron chi connectivity index (χ0n) is 9.46. The van der Waals surface area contributed by atoms with Crippen LogP contribution in [0.25, 0.3) is 0 Å². The van der Waals surface area contributed by atoms with Crippen LogP contribution in [0.4, 0.5) is 0 Å². The average molecular weight is 228 g/mol. The molecule has 0 aliphatic rings. The molecule has 1 atom stereocenters. The van der Waals surface area contributed by atoms with Gasteiger partial charge in [-0.2, -0.15) is 0 Å². The quantitative estimate of drug-likeness (QED) is 0.854. The molecule has 0 aliphatic heterocycles. The number of benzene rings is 1. The summed E-state index contributed by atoms with van der Waals surface area (Å²) < 4.78 is 5.68. The number of nitrogens with two attached hydrogens (primary N) is 1. The zero-order valence-corrected chi connectivity index (χ0v) is 10.2. The third-order valence-electron chi connectivity index (χ3n) is 2.17. The summed E-state index contributed by atoms with van der Waals surface area (Å²) in [6.45, 7) is 6.04. The van der Waals surface area contributed by atoms with Crippen LogP contribution < -0.4 is 10.5 Å². The fourth-order valence-corrected chi connectivity index (χ4v) is 1.57. The van der Waals surface area contributed by atoms with Crippen LogP contribution in [0.5, 0.6) is 5.75 Å². The second-order valence-corrected chi connectivity index (χ2v) is 4.30. The van der Waals surface area contributed by atoms with E-state index in [-0.39, 0.29) is 12.1 Å². The average Bonchev–Trinajstić information content (AvgIpc) is 2.19. The third kappa shape index (κ3) is 3.40. The summed E-state index contributed by atoms with van der Waals surface area (Å²) >= 11 is 5.94. The highest BCUT2D eigenvalue weighted by Crippen LogP contribution is 2.29. The van der Waals surface area contributed by atoms with Gasteiger partial charge in [0.05, 0.1) is 6.10 Å². The van der Waals surface area contributed by atoms with E-state index in [4.69, 9.17) is 22.1 Å². The van der Waals surface area contributed by atoms with Crippen LogP contribution in [-0.4, -0.2) is 6.10 Å². The smallest absolute Gasteiger partial charge is 0.124 e. The van der Waals surface area contributed by atoms with E-state index in [1.54, 1.807) is 0 Å². The summed E-state index contributed by atoms with van der Waals surface area (Å²) in [5, 5.41) is 0.699. The van der Waals surface area contributed by atoms with Crippen molar-refractivity contribution in [1.29, 1.82) is 0 Å². The highest BCUT2D eigenvalue weighted by atomic mass is 35.5. The maximum Gasteiger partial charge on any atom is 0.124 e. The van der Waals surface area contributed by atoms with Gasteiger partial charge in [0.2, 0.25) is 0 Å². The van der Waals surface area contributed by atoms with Crippen molar-refractivity contribution in [2.45, 2.75) is 39.3 Å². The van der Waals surface area contributed by atoms with Crippen LogP contribution in [0.15, 0.2) is 18.2 Å². The van der Waals surface area contributed by atoms with Gasteiger partial charge in [-0.25, -0.2) is 0 Å². The lowest BCUT2D eigenvalue weighted by Crippen LogP contribution is -2.13. The van der Waals surface area contributed by atoms with E-state index in [0.29, 0.717) is 5.02 Å². The van der Waals surface area contributed by atoms with Gasteiger partial charge >= 0.3 is 0 Å². The van der Waals surface area contributed by atoms with Gasteiger partial charge in [-0.1, -0.05) is 18.5 Å². The van der Waals surface area contributed by atoms with Crippen molar-refractivity contribution in [1.82, 2.24) is 0 Å². The molecule has 0 saturated carbocycles. The van der Waals surface area contributed by atoms with Gasteiger partial charge in [-0.15, -0.1) is 0 Å². The molecule has 0 spiro atoms. The highest BCUT2D eigenvalue weighted by Gasteiger charge is 2.12. The maximum absolute atomic E-state index is 6.00. The van der Waals surface area contributed by atoms with Crippen molar-refractivity contribution in [3.05, 3.63) is 28.8 Å². The molecule has 2 N–H and O–H groups in total. The molecule has 3 heteroatoms. The van der Waals surface area contributed by atoms with E-state index in [1.807, 2.05) is 39.0 Å². The first-order chi connectivity index (χ1) is 7.04. The largest absolute Gasteiger partial charge is 0.491 e. The van der Waals surface area contributed by atoms with Crippen LogP contribution in [0.1, 0.15) is 38.8 Å². The first-order valence-electron chi connectivity index (χ1n) is 5.26. The van der Waals surface area contributed by atoms with Crippen molar-refractivity contribution in [3.8, 4) is 5.75 Å². The van der Waals surface area contributed by atoms with E-state index in [2.05, 4.69) is 0 Å². The van der Waals surface area contributed by atoms with E-state index in [0.717, 1.165) is 17.7 Å². The molecule has 0 heterocycles. The Morgan fingerprint density at radius 1 is 1.40 bits per heavy atom. The van der Waals surface area contributed by atoms with E-state index in [1.165, 1.54) is 0 Å². The van der Waals surface area contributed by atoms with Crippen molar-refractivity contribution >= 4 is 11.6 Å². The summed E-state index contributed by atoms with van der Waals surface area (Å²) in [4.78, 5) is 0. The Labute approximate surface area is 96.4 Å². The van der Waals surface area contributed by atoms with E-state index < -0.39 is 0 Å². The first kappa shape index (κ1) is 12.3. The lowest BCUT2D eigenvalue weighted by molar-refractivity contribution is 0.238. The van der Waals surface area contributed by atoms with Crippen LogP contribution >= 0.6 is 11.6 Å². The molecule has 0 saturated heterocycles. The van der Waals surface area contributed by atoms with Gasteiger partial charge in [0, 0.05) is 16.6 Å². The molecule has 1 aromatic rings. The first-order valence-corrected chi connectivity index (χ1v) is 5.64. The Balaban J connectivity index is 3.02. The van der Waals surface area contributed by atoms with Crippen molar-refractivity contribution in [2.75, 3.05) is 0 Å². The van der Waals surface area contributed by atoms with Crippen LogP contribution in [0.3, 0.4) is 0 Å². The summed E-state index contributed by atoms with van der Waals surface area (Å²) in [6, 6.07) is 5.57. The van der Waals surface area contributed by atoms with Gasteiger partial charge in [0.15, 0.2) is 0 Å². The topological polar surface area (TPSA) is 35.2 Å². The Morgan fingerprint density at radius 3 is 2.60 bits per heavy atom. The molecule has 84 valence electrons. The molecule has 0 bridgehead atoms. The van der Waals surface area contributed by atoms with Gasteiger partial charge in [-0.05, 0) is 38.5 Å². The minimum Gasteiger partial charge on any atom is -0.491 e. The van der Waals surface area contributed by atoms with Crippen molar-refractivity contribution in [3.63, 3.8) is 0 Å². The Bertz CT molecular complexity index is 325. The van der Waals surface area contributed by atoms with Gasteiger partial charge < -0.3 is 10.5 Å². The van der Waals surface area contributed by atoms with Crippen molar-refractivity contribution in [2.24, 2.45) is 5.73 Å². The minimum absolute atomic E-state index is 0.0163. The van der Waals surface area contributed by atoms with Gasteiger partial charge in [-0.3, -0.25) is 0 Å². The lowest BCUT2D eigenvalue weighted by Gasteiger charge is -2.18. The molecule has 1 unspecified atom stereocenters. The molecule has 1 rings (SSSR count). The van der Waals surface area contributed by atoms with Gasteiger partial charge in [0.1, 0.15) is 5.75 Å². The highest BCUT2D eigenvalue weighted by molar-refractivity contribution is 6.30. The predicted octanol–water partition coefficient (Wildman–Crippen LogP) is 3.54. The molecule has 0 fully saturated rings. The fourth-order valence-electron chi connectivity index (χ4n) is 1.39. The number of hydrogen-bond donors (Lipinski definition) is 1. The molecule has 1 aromatic carbocycles. The number of rotatable bonds is 4. The molecular formula is C12H18ClNO. The van der Waals surface area contributed by atoms with E-state index in [9.17, 15) is 0 Å². The molecule has 0 aliphatic carbocycles. The zero-order chi connectivity index (χ0) is 11.4. The van der Waals surface area contributed by atoms with Crippen LogP contribution in [0.2, 0.25) is 5.02 Å². The molecule has 15 heavy (non-hydrogen) atoms. The summed E-state index contributed by atoms with van der Waals surface area (Å²) in [5.74, 6) is 0.837. The van der Waals surface area contributed by atoms with Crippen LogP contribution in [0, 0.1) is 0 Å². The Kier molecular flexibility index (Phi) is 4.43. The predicted molar refractivity (Wildman–Crippen MR) is 64.4 cm³/mol. The fraction of sp³-hybridized carbons (Fsp3) is 0.500. The van der Waals surface area contributed by atoms with Gasteiger partial charge in [0.25, 0.3) is 0 Å². The number of hydrogen-bond acceptors (Lipinski definition) is 2. The number of halogens is 1. The van der Waals surface area contributed by atoms with Crippen LogP contribution in [-0.2, 0) is 0 Å². The van der Waals surface area contributed by atoms with E-state index >= 15 is 0 Å². The number of ether oxygens (including phenoxy) is 1. The lowest BCUT2D eigenvalue weighted by atomic mass is 10.0. The standard InChI is InChI=1S/C12H18ClNO/c1-4-11(14)10-7-9(13)5-6-12(10)15-8(2)3/h5-8,11H,4,14H2,1-3H3.